The maximum absolute atomic E-state index is 13.2. The number of rotatable bonds is 5. The van der Waals surface area contributed by atoms with Crippen LogP contribution >= 0.6 is 24.0 Å². The molecule has 1 fully saturated rings. The summed E-state index contributed by atoms with van der Waals surface area (Å²) >= 11 is 0. The standard InChI is InChI=1S/C21H27FN4O3S.HI/c1-15-13-26(14-20(29-15)17-6-8-18(22)9-7-17)21(23-2)25-12-16-4-10-19(11-5-16)30(27,28)24-3;/h4-11,15,20,24H,12-14H2,1-3H3,(H,23,25);1H. The number of morpholine rings is 1. The lowest BCUT2D eigenvalue weighted by Gasteiger charge is -2.38. The fraction of sp³-hybridized carbons (Fsp3) is 0.381. The Morgan fingerprint density at radius 1 is 1.16 bits per heavy atom. The van der Waals surface area contributed by atoms with Gasteiger partial charge in [0.15, 0.2) is 5.96 Å². The van der Waals surface area contributed by atoms with Crippen LogP contribution in [0.5, 0.6) is 0 Å². The molecule has 31 heavy (non-hydrogen) atoms. The van der Waals surface area contributed by atoms with Crippen molar-refractivity contribution >= 4 is 40.0 Å². The van der Waals surface area contributed by atoms with Crippen molar-refractivity contribution in [1.82, 2.24) is 14.9 Å². The Labute approximate surface area is 200 Å². The molecule has 0 aromatic heterocycles. The molecule has 0 bridgehead atoms. The molecule has 170 valence electrons. The fourth-order valence-electron chi connectivity index (χ4n) is 3.40. The molecular formula is C21H28FIN4O3S. The molecule has 1 heterocycles. The van der Waals surface area contributed by atoms with Crippen LogP contribution in [0.15, 0.2) is 58.4 Å². The zero-order chi connectivity index (χ0) is 21.7. The second-order valence-electron chi connectivity index (χ2n) is 7.14. The molecule has 2 atom stereocenters. The van der Waals surface area contributed by atoms with Gasteiger partial charge in [-0.25, -0.2) is 17.5 Å². The van der Waals surface area contributed by atoms with Crippen LogP contribution in [0.4, 0.5) is 4.39 Å². The summed E-state index contributed by atoms with van der Waals surface area (Å²) < 4.78 is 45.3. The third kappa shape index (κ3) is 6.61. The van der Waals surface area contributed by atoms with Gasteiger partial charge in [0.1, 0.15) is 11.9 Å². The van der Waals surface area contributed by atoms with Crippen molar-refractivity contribution in [3.8, 4) is 0 Å². The summed E-state index contributed by atoms with van der Waals surface area (Å²) in [4.78, 5) is 6.72. The summed E-state index contributed by atoms with van der Waals surface area (Å²) in [5.41, 5.74) is 1.85. The molecule has 1 aliphatic rings. The zero-order valence-electron chi connectivity index (χ0n) is 17.7. The molecule has 2 aromatic carbocycles. The Bertz CT molecular complexity index is 985. The van der Waals surface area contributed by atoms with E-state index in [9.17, 15) is 12.8 Å². The number of sulfonamides is 1. The minimum absolute atomic E-state index is 0. The number of guanidine groups is 1. The van der Waals surface area contributed by atoms with Gasteiger partial charge in [-0.2, -0.15) is 0 Å². The summed E-state index contributed by atoms with van der Waals surface area (Å²) in [6, 6.07) is 13.1. The quantitative estimate of drug-likeness (QED) is 0.333. The van der Waals surface area contributed by atoms with Gasteiger partial charge in [0, 0.05) is 20.1 Å². The van der Waals surface area contributed by atoms with Crippen LogP contribution in [0.1, 0.15) is 24.2 Å². The van der Waals surface area contributed by atoms with Crippen LogP contribution in [0.2, 0.25) is 0 Å². The van der Waals surface area contributed by atoms with E-state index >= 15 is 0 Å². The van der Waals surface area contributed by atoms with Crippen LogP contribution < -0.4 is 10.0 Å². The number of nitrogens with one attached hydrogen (secondary N) is 2. The van der Waals surface area contributed by atoms with E-state index in [4.69, 9.17) is 4.74 Å². The highest BCUT2D eigenvalue weighted by Crippen LogP contribution is 2.25. The molecule has 7 nitrogen and oxygen atoms in total. The molecular weight excluding hydrogens is 534 g/mol. The molecule has 1 saturated heterocycles. The molecule has 2 aromatic rings. The van der Waals surface area contributed by atoms with E-state index in [1.807, 2.05) is 6.92 Å². The minimum atomic E-state index is -3.45. The van der Waals surface area contributed by atoms with Crippen molar-refractivity contribution in [2.24, 2.45) is 4.99 Å². The van der Waals surface area contributed by atoms with Gasteiger partial charge >= 0.3 is 0 Å². The Balaban J connectivity index is 0.00000341. The Hall–Kier alpha value is -1.76. The molecule has 0 spiro atoms. The van der Waals surface area contributed by atoms with Gasteiger partial charge in [-0.15, -0.1) is 24.0 Å². The first-order valence-electron chi connectivity index (χ1n) is 9.71. The molecule has 0 radical (unpaired) electrons. The summed E-state index contributed by atoms with van der Waals surface area (Å²) in [5, 5.41) is 3.32. The van der Waals surface area contributed by atoms with Crippen molar-refractivity contribution in [3.63, 3.8) is 0 Å². The van der Waals surface area contributed by atoms with Crippen molar-refractivity contribution in [1.29, 1.82) is 0 Å². The molecule has 1 aliphatic heterocycles. The highest BCUT2D eigenvalue weighted by Gasteiger charge is 2.28. The normalized spacial score (nSPS) is 19.6. The number of halogens is 2. The zero-order valence-corrected chi connectivity index (χ0v) is 20.9. The second-order valence-corrected chi connectivity index (χ2v) is 9.03. The molecule has 3 rings (SSSR count). The first-order chi connectivity index (χ1) is 14.3. The molecule has 2 N–H and O–H groups in total. The van der Waals surface area contributed by atoms with Gasteiger partial charge in [0.25, 0.3) is 0 Å². The first-order valence-corrected chi connectivity index (χ1v) is 11.2. The van der Waals surface area contributed by atoms with Gasteiger partial charge in [-0.05, 0) is 49.4 Å². The summed E-state index contributed by atoms with van der Waals surface area (Å²) in [5.74, 6) is 0.453. The third-order valence-electron chi connectivity index (χ3n) is 4.97. The van der Waals surface area contributed by atoms with E-state index in [0.717, 1.165) is 17.1 Å². The van der Waals surface area contributed by atoms with Crippen molar-refractivity contribution in [2.45, 2.75) is 30.6 Å². The lowest BCUT2D eigenvalue weighted by atomic mass is 10.1. The maximum atomic E-state index is 13.2. The number of benzene rings is 2. The van der Waals surface area contributed by atoms with Crippen LogP contribution in [-0.2, 0) is 21.3 Å². The topological polar surface area (TPSA) is 83.0 Å². The maximum Gasteiger partial charge on any atom is 0.240 e. The fourth-order valence-corrected chi connectivity index (χ4v) is 4.13. The highest BCUT2D eigenvalue weighted by atomic mass is 127. The number of ether oxygens (including phenoxy) is 1. The second kappa shape index (κ2) is 11.2. The van der Waals surface area contributed by atoms with Crippen molar-refractivity contribution < 1.29 is 17.5 Å². The highest BCUT2D eigenvalue weighted by molar-refractivity contribution is 14.0. The predicted molar refractivity (Wildman–Crippen MR) is 130 cm³/mol. The molecule has 0 amide bonds. The SMILES string of the molecule is CN=C(NCc1ccc(S(=O)(=O)NC)cc1)N1CC(C)OC(c2ccc(F)cc2)C1.I. The average molecular weight is 562 g/mol. The van der Waals surface area contributed by atoms with E-state index in [2.05, 4.69) is 19.9 Å². The lowest BCUT2D eigenvalue weighted by molar-refractivity contribution is -0.0605. The molecule has 2 unspecified atom stereocenters. The average Bonchev–Trinajstić information content (AvgIpc) is 2.74. The van der Waals surface area contributed by atoms with Gasteiger partial charge < -0.3 is 15.0 Å². The summed E-state index contributed by atoms with van der Waals surface area (Å²) in [6.07, 6.45) is -0.197. The third-order valence-corrected chi connectivity index (χ3v) is 6.40. The van der Waals surface area contributed by atoms with Gasteiger partial charge in [0.2, 0.25) is 10.0 Å². The monoisotopic (exact) mass is 562 g/mol. The van der Waals surface area contributed by atoms with Crippen molar-refractivity contribution in [2.75, 3.05) is 27.2 Å². The van der Waals surface area contributed by atoms with Crippen molar-refractivity contribution in [3.05, 3.63) is 65.5 Å². The van der Waals surface area contributed by atoms with Gasteiger partial charge in [-0.1, -0.05) is 24.3 Å². The Morgan fingerprint density at radius 3 is 2.39 bits per heavy atom. The van der Waals surface area contributed by atoms with Crippen LogP contribution in [0.3, 0.4) is 0 Å². The predicted octanol–water partition coefficient (Wildman–Crippen LogP) is 2.89. The molecule has 10 heteroatoms. The summed E-state index contributed by atoms with van der Waals surface area (Å²) in [7, 11) is -0.343. The van der Waals surface area contributed by atoms with Gasteiger partial charge in [0.05, 0.1) is 17.5 Å². The van der Waals surface area contributed by atoms with E-state index in [0.29, 0.717) is 19.6 Å². The number of hydrogen-bond acceptors (Lipinski definition) is 4. The Morgan fingerprint density at radius 2 is 1.81 bits per heavy atom. The number of hydrogen-bond donors (Lipinski definition) is 2. The summed E-state index contributed by atoms with van der Waals surface area (Å²) in [6.45, 7) is 3.77. The molecule has 0 aliphatic carbocycles. The molecule has 0 saturated carbocycles. The first kappa shape index (κ1) is 25.5. The number of nitrogens with zero attached hydrogens (tertiary/aromatic N) is 2. The van der Waals surface area contributed by atoms with E-state index in [-0.39, 0.29) is 46.9 Å². The van der Waals surface area contributed by atoms with E-state index in [1.165, 1.54) is 19.2 Å². The lowest BCUT2D eigenvalue weighted by Crippen LogP contribution is -2.50. The minimum Gasteiger partial charge on any atom is -0.367 e. The van der Waals surface area contributed by atoms with Crippen LogP contribution in [-0.4, -0.2) is 52.6 Å². The van der Waals surface area contributed by atoms with Gasteiger partial charge in [-0.3, -0.25) is 4.99 Å². The Kier molecular flexibility index (Phi) is 9.22. The number of aliphatic imine (C=N–C) groups is 1. The largest absolute Gasteiger partial charge is 0.367 e. The smallest absolute Gasteiger partial charge is 0.240 e. The van der Waals surface area contributed by atoms with E-state index in [1.54, 1.807) is 43.4 Å². The van der Waals surface area contributed by atoms with Crippen LogP contribution in [0, 0.1) is 5.82 Å². The van der Waals surface area contributed by atoms with Crippen LogP contribution in [0.25, 0.3) is 0 Å². The van der Waals surface area contributed by atoms with E-state index < -0.39 is 10.0 Å².